The molecule has 0 aromatic heterocycles. The first kappa shape index (κ1) is 28.6. The fraction of sp³-hybridized carbons (Fsp3) is 0.438. The van der Waals surface area contributed by atoms with E-state index < -0.39 is 26.5 Å². The van der Waals surface area contributed by atoms with Crippen LogP contribution in [0.5, 0.6) is 0 Å². The van der Waals surface area contributed by atoms with Gasteiger partial charge in [0.25, 0.3) is 0 Å². The van der Waals surface area contributed by atoms with Crippen molar-refractivity contribution < 1.29 is 0 Å². The molecule has 0 bridgehead atoms. The van der Waals surface area contributed by atoms with Gasteiger partial charge in [-0.05, 0) is 0 Å². The molecule has 0 aliphatic heterocycles. The molecule has 0 spiro atoms. The van der Waals surface area contributed by atoms with Gasteiger partial charge in [-0.15, -0.1) is 0 Å². The van der Waals surface area contributed by atoms with Crippen molar-refractivity contribution in [3.8, 4) is 0 Å². The van der Waals surface area contributed by atoms with Crippen LogP contribution in [0.4, 0.5) is 0 Å². The Bertz CT molecular complexity index is 884. The van der Waals surface area contributed by atoms with Gasteiger partial charge in [0.05, 0.1) is 0 Å². The van der Waals surface area contributed by atoms with Gasteiger partial charge in [0.15, 0.2) is 0 Å². The van der Waals surface area contributed by atoms with E-state index in [0.29, 0.717) is 0 Å². The zero-order valence-corrected chi connectivity index (χ0v) is 27.0. The van der Waals surface area contributed by atoms with Crippen molar-refractivity contribution in [3.63, 3.8) is 0 Å². The van der Waals surface area contributed by atoms with Crippen LogP contribution in [0.3, 0.4) is 0 Å². The molecule has 0 radical (unpaired) electrons. The fourth-order valence-corrected chi connectivity index (χ4v) is 46.9. The van der Waals surface area contributed by atoms with Crippen molar-refractivity contribution in [2.24, 2.45) is 0 Å². The molecule has 0 heterocycles. The molecule has 35 heavy (non-hydrogen) atoms. The Balaban J connectivity index is 2.14. The molecule has 0 unspecified atom stereocenters. The second kappa shape index (κ2) is 15.3. The minimum atomic E-state index is -2.42. The van der Waals surface area contributed by atoms with E-state index in [1.807, 2.05) is 0 Å². The molecule has 3 aromatic rings. The zero-order valence-electron chi connectivity index (χ0n) is 22.3. The SMILES string of the molecule is CCC[CH2][Sn]([CH2]CCC)([CH2]CCC)[CH2][Si](CSc1ccccc1)(c1ccccc1)c1ccccc1. The van der Waals surface area contributed by atoms with Gasteiger partial charge in [0, 0.05) is 0 Å². The first-order valence-electron chi connectivity index (χ1n) is 14.0. The maximum atomic E-state index is 2.49. The summed E-state index contributed by atoms with van der Waals surface area (Å²) in [6.07, 6.45) is 8.39. The summed E-state index contributed by atoms with van der Waals surface area (Å²) in [5.74, 6) is 0. The van der Waals surface area contributed by atoms with Crippen molar-refractivity contribution in [3.05, 3.63) is 91.0 Å². The summed E-state index contributed by atoms with van der Waals surface area (Å²) in [5.41, 5.74) is 0. The summed E-state index contributed by atoms with van der Waals surface area (Å²) >= 11 is -0.293. The van der Waals surface area contributed by atoms with Crippen LogP contribution >= 0.6 is 11.8 Å². The third-order valence-electron chi connectivity index (χ3n) is 7.74. The quantitative estimate of drug-likeness (QED) is 0.115. The number of rotatable bonds is 16. The number of hydrogen-bond acceptors (Lipinski definition) is 1. The molecule has 0 atom stereocenters. The Morgan fingerprint density at radius 1 is 0.571 bits per heavy atom. The molecule has 0 N–H and O–H groups in total. The van der Waals surface area contributed by atoms with Crippen molar-refractivity contribution in [1.82, 2.24) is 0 Å². The Hall–Kier alpha value is -0.974. The third kappa shape index (κ3) is 8.26. The second-order valence-corrected chi connectivity index (χ2v) is 31.9. The number of unbranched alkanes of at least 4 members (excludes halogenated alkanes) is 3. The summed E-state index contributed by atoms with van der Waals surface area (Å²) in [7, 11) is -1.96. The van der Waals surface area contributed by atoms with Gasteiger partial charge in [0.1, 0.15) is 0 Å². The first-order chi connectivity index (χ1) is 17.2. The van der Waals surface area contributed by atoms with Crippen LogP contribution in [0.1, 0.15) is 59.3 Å². The molecule has 0 amide bonds. The molecule has 0 nitrogen and oxygen atoms in total. The molecule has 0 saturated heterocycles. The van der Waals surface area contributed by atoms with E-state index in [9.17, 15) is 0 Å². The second-order valence-electron chi connectivity index (χ2n) is 10.4. The third-order valence-corrected chi connectivity index (χ3v) is 38.8. The van der Waals surface area contributed by atoms with Crippen molar-refractivity contribution in [2.75, 3.05) is 5.38 Å². The van der Waals surface area contributed by atoms with E-state index in [-0.39, 0.29) is 0 Å². The van der Waals surface area contributed by atoms with Gasteiger partial charge in [-0.3, -0.25) is 0 Å². The molecule has 0 aliphatic rings. The molecule has 3 heteroatoms. The summed E-state index contributed by atoms with van der Waals surface area (Å²) in [5, 5.41) is 4.59. The molecule has 0 aliphatic carbocycles. The molecular weight excluding hydrogens is 563 g/mol. The van der Waals surface area contributed by atoms with Gasteiger partial charge < -0.3 is 0 Å². The van der Waals surface area contributed by atoms with Crippen LogP contribution in [0.15, 0.2) is 95.9 Å². The predicted octanol–water partition coefficient (Wildman–Crippen LogP) is 8.97. The van der Waals surface area contributed by atoms with Crippen LogP contribution in [-0.4, -0.2) is 31.8 Å². The minimum absolute atomic E-state index is 1.26. The molecule has 0 fully saturated rings. The van der Waals surface area contributed by atoms with Gasteiger partial charge >= 0.3 is 227 Å². The average Bonchev–Trinajstić information content (AvgIpc) is 2.93. The van der Waals surface area contributed by atoms with E-state index >= 15 is 0 Å². The zero-order chi connectivity index (χ0) is 24.8. The molecule has 3 aromatic carbocycles. The van der Waals surface area contributed by atoms with E-state index in [4.69, 9.17) is 0 Å². The average molecular weight is 610 g/mol. The molecule has 3 rings (SSSR count). The standard InChI is InChI=1S/C20H19SSi.3C4H9.Sn/c1-22(19-13-7-3-8-14-19,20-15-9-4-10-16-20)17-21-18-11-5-2-6-12-18;3*1-3-4-2;/h2-16H,1,17H2;3*1,3-4H2,2H3;. The van der Waals surface area contributed by atoms with Gasteiger partial charge in [-0.2, -0.15) is 0 Å². The van der Waals surface area contributed by atoms with Crippen molar-refractivity contribution in [1.29, 1.82) is 0 Å². The van der Waals surface area contributed by atoms with E-state index in [1.54, 1.807) is 27.7 Å². The number of hydrogen-bond donors (Lipinski definition) is 0. The number of benzene rings is 3. The summed E-state index contributed by atoms with van der Waals surface area (Å²) in [4.78, 5) is 1.42. The number of thioether (sulfide) groups is 1. The van der Waals surface area contributed by atoms with Crippen molar-refractivity contribution in [2.45, 2.75) is 81.6 Å². The van der Waals surface area contributed by atoms with E-state index in [0.717, 1.165) is 0 Å². The molecule has 188 valence electrons. The normalized spacial score (nSPS) is 12.1. The van der Waals surface area contributed by atoms with Gasteiger partial charge in [-0.1, -0.05) is 0 Å². The Labute approximate surface area is 225 Å². The van der Waals surface area contributed by atoms with Crippen LogP contribution in [0.2, 0.25) is 17.4 Å². The van der Waals surface area contributed by atoms with Crippen LogP contribution in [0.25, 0.3) is 0 Å². The molecular formula is C32H46SSiSn. The van der Waals surface area contributed by atoms with Gasteiger partial charge in [0.2, 0.25) is 0 Å². The Morgan fingerprint density at radius 3 is 1.37 bits per heavy atom. The maximum absolute atomic E-state index is 2.49. The Morgan fingerprint density at radius 2 is 0.971 bits per heavy atom. The summed E-state index contributed by atoms with van der Waals surface area (Å²) in [6.45, 7) is 7.21. The van der Waals surface area contributed by atoms with Crippen LogP contribution in [0, 0.1) is 0 Å². The summed E-state index contributed by atoms with van der Waals surface area (Å²) < 4.78 is 6.36. The fourth-order valence-electron chi connectivity index (χ4n) is 5.76. The van der Waals surface area contributed by atoms with Gasteiger partial charge in [-0.25, -0.2) is 0 Å². The van der Waals surface area contributed by atoms with E-state index in [2.05, 4.69) is 124 Å². The van der Waals surface area contributed by atoms with E-state index in [1.165, 1.54) is 48.8 Å². The Kier molecular flexibility index (Phi) is 12.5. The predicted molar refractivity (Wildman–Crippen MR) is 165 cm³/mol. The van der Waals surface area contributed by atoms with Crippen LogP contribution in [-0.2, 0) is 0 Å². The van der Waals surface area contributed by atoms with Crippen LogP contribution < -0.4 is 10.4 Å². The monoisotopic (exact) mass is 610 g/mol. The summed E-state index contributed by atoms with van der Waals surface area (Å²) in [6, 6.07) is 34.7. The topological polar surface area (TPSA) is 0 Å². The van der Waals surface area contributed by atoms with Crippen molar-refractivity contribution >= 4 is 48.6 Å². The molecule has 0 saturated carbocycles. The first-order valence-corrected chi connectivity index (χ1v) is 25.4.